The highest BCUT2D eigenvalue weighted by Crippen LogP contribution is 2.28. The summed E-state index contributed by atoms with van der Waals surface area (Å²) in [6.07, 6.45) is 3.67. The fourth-order valence-electron chi connectivity index (χ4n) is 2.91. The van der Waals surface area contributed by atoms with Crippen LogP contribution in [0.3, 0.4) is 0 Å². The third-order valence-electron chi connectivity index (χ3n) is 3.92. The number of rotatable bonds is 1. The minimum absolute atomic E-state index is 0.723. The van der Waals surface area contributed by atoms with Crippen LogP contribution in [-0.2, 0) is 12.8 Å². The van der Waals surface area contributed by atoms with Gasteiger partial charge in [0.15, 0.2) is 0 Å². The predicted octanol–water partition coefficient (Wildman–Crippen LogP) is 3.30. The zero-order valence-electron chi connectivity index (χ0n) is 10.6. The summed E-state index contributed by atoms with van der Waals surface area (Å²) in [5.74, 6) is 0.905. The van der Waals surface area contributed by atoms with E-state index in [1.807, 2.05) is 18.2 Å². The molecule has 1 heterocycles. The quantitative estimate of drug-likeness (QED) is 0.650. The van der Waals surface area contributed by atoms with Gasteiger partial charge in [0.05, 0.1) is 11.2 Å². The number of hydrogen-bond donors (Lipinski definition) is 2. The van der Waals surface area contributed by atoms with Gasteiger partial charge in [-0.3, -0.25) is 0 Å². The molecule has 0 radical (unpaired) electrons. The van der Waals surface area contributed by atoms with E-state index in [1.54, 1.807) is 0 Å². The lowest BCUT2D eigenvalue weighted by atomic mass is 10.1. The number of hydrogen-bond acceptors (Lipinski definition) is 2. The fourth-order valence-corrected chi connectivity index (χ4v) is 2.91. The van der Waals surface area contributed by atoms with Gasteiger partial charge in [0.25, 0.3) is 0 Å². The largest absolute Gasteiger partial charge is 0.397 e. The van der Waals surface area contributed by atoms with Gasteiger partial charge in [-0.15, -0.1) is 0 Å². The Morgan fingerprint density at radius 2 is 1.95 bits per heavy atom. The summed E-state index contributed by atoms with van der Waals surface area (Å²) in [5.41, 5.74) is 12.6. The Morgan fingerprint density at radius 3 is 2.84 bits per heavy atom. The van der Waals surface area contributed by atoms with E-state index >= 15 is 0 Å². The zero-order valence-corrected chi connectivity index (χ0v) is 10.6. The van der Waals surface area contributed by atoms with Gasteiger partial charge in [0.1, 0.15) is 11.3 Å². The Kier molecular flexibility index (Phi) is 2.15. The number of nitrogen functional groups attached to an aromatic ring is 1. The molecule has 0 aliphatic heterocycles. The predicted molar refractivity (Wildman–Crippen MR) is 78.0 cm³/mol. The summed E-state index contributed by atoms with van der Waals surface area (Å²) in [7, 11) is 0. The van der Waals surface area contributed by atoms with Crippen LogP contribution in [0.2, 0.25) is 0 Å². The molecule has 3 nitrogen and oxygen atoms in total. The Labute approximate surface area is 111 Å². The van der Waals surface area contributed by atoms with Crippen molar-refractivity contribution >= 4 is 16.7 Å². The molecule has 4 rings (SSSR count). The standard InChI is InChI=1S/C16H15N3/c17-13-5-2-6-14-15(13)19-16(18-14)12-8-7-10-3-1-4-11(10)9-12/h2,5-9H,1,3-4,17H2,(H,18,19). The fraction of sp³-hybridized carbons (Fsp3) is 0.188. The average molecular weight is 249 g/mol. The van der Waals surface area contributed by atoms with Crippen LogP contribution in [0.5, 0.6) is 0 Å². The second-order valence-electron chi connectivity index (χ2n) is 5.17. The molecule has 1 aliphatic rings. The van der Waals surface area contributed by atoms with Crippen molar-refractivity contribution in [1.29, 1.82) is 0 Å². The summed E-state index contributed by atoms with van der Waals surface area (Å²) < 4.78 is 0. The van der Waals surface area contributed by atoms with Crippen molar-refractivity contribution in [3.63, 3.8) is 0 Å². The number of H-pyrrole nitrogens is 1. The molecule has 1 aromatic heterocycles. The van der Waals surface area contributed by atoms with Crippen molar-refractivity contribution in [2.45, 2.75) is 19.3 Å². The number of imidazole rings is 1. The van der Waals surface area contributed by atoms with Crippen molar-refractivity contribution in [2.24, 2.45) is 0 Å². The maximum atomic E-state index is 5.96. The molecule has 0 atom stereocenters. The molecule has 0 saturated carbocycles. The number of anilines is 1. The maximum absolute atomic E-state index is 5.96. The van der Waals surface area contributed by atoms with E-state index in [1.165, 1.54) is 30.4 Å². The first-order valence-electron chi connectivity index (χ1n) is 6.68. The number of nitrogens with one attached hydrogen (secondary N) is 1. The van der Waals surface area contributed by atoms with E-state index in [0.717, 1.165) is 28.1 Å². The van der Waals surface area contributed by atoms with Gasteiger partial charge in [-0.1, -0.05) is 18.2 Å². The van der Waals surface area contributed by atoms with Crippen LogP contribution in [0.4, 0.5) is 5.69 Å². The van der Waals surface area contributed by atoms with Gasteiger partial charge in [-0.25, -0.2) is 4.98 Å². The molecule has 1 aliphatic carbocycles. The molecule has 3 heteroatoms. The molecule has 0 bridgehead atoms. The normalized spacial score (nSPS) is 13.9. The second-order valence-corrected chi connectivity index (χ2v) is 5.17. The molecule has 0 amide bonds. The Balaban J connectivity index is 1.88. The molecule has 19 heavy (non-hydrogen) atoms. The lowest BCUT2D eigenvalue weighted by Crippen LogP contribution is -1.86. The first-order valence-corrected chi connectivity index (χ1v) is 6.68. The zero-order chi connectivity index (χ0) is 12.8. The van der Waals surface area contributed by atoms with Crippen molar-refractivity contribution in [3.05, 3.63) is 47.5 Å². The van der Waals surface area contributed by atoms with Gasteiger partial charge in [0.2, 0.25) is 0 Å². The number of benzene rings is 2. The molecular formula is C16H15N3. The summed E-state index contributed by atoms with van der Waals surface area (Å²) >= 11 is 0. The number of aryl methyl sites for hydroxylation is 2. The van der Waals surface area contributed by atoms with Crippen molar-refractivity contribution in [2.75, 3.05) is 5.73 Å². The number of aromatic nitrogens is 2. The number of fused-ring (bicyclic) bond motifs is 2. The Hall–Kier alpha value is -2.29. The summed E-state index contributed by atoms with van der Waals surface area (Å²) in [6.45, 7) is 0. The first kappa shape index (κ1) is 10.6. The number of para-hydroxylation sites is 1. The van der Waals surface area contributed by atoms with Gasteiger partial charge >= 0.3 is 0 Å². The topological polar surface area (TPSA) is 54.7 Å². The minimum Gasteiger partial charge on any atom is -0.397 e. The molecule has 3 aromatic rings. The monoisotopic (exact) mass is 249 g/mol. The van der Waals surface area contributed by atoms with Crippen LogP contribution in [-0.4, -0.2) is 9.97 Å². The lowest BCUT2D eigenvalue weighted by molar-refractivity contribution is 0.912. The van der Waals surface area contributed by atoms with Crippen LogP contribution in [0.15, 0.2) is 36.4 Å². The molecule has 0 saturated heterocycles. The van der Waals surface area contributed by atoms with Crippen molar-refractivity contribution in [1.82, 2.24) is 9.97 Å². The van der Waals surface area contributed by atoms with Crippen LogP contribution in [0, 0.1) is 0 Å². The highest BCUT2D eigenvalue weighted by molar-refractivity contribution is 5.89. The number of aromatic amines is 1. The lowest BCUT2D eigenvalue weighted by Gasteiger charge is -2.01. The van der Waals surface area contributed by atoms with E-state index in [-0.39, 0.29) is 0 Å². The summed E-state index contributed by atoms with van der Waals surface area (Å²) in [6, 6.07) is 12.5. The van der Waals surface area contributed by atoms with Crippen LogP contribution in [0.1, 0.15) is 17.5 Å². The molecule has 0 fully saturated rings. The van der Waals surface area contributed by atoms with E-state index in [0.29, 0.717) is 0 Å². The first-order chi connectivity index (χ1) is 9.31. The molecule has 3 N–H and O–H groups in total. The van der Waals surface area contributed by atoms with Crippen LogP contribution >= 0.6 is 0 Å². The van der Waals surface area contributed by atoms with E-state index in [2.05, 4.69) is 28.2 Å². The third-order valence-corrected chi connectivity index (χ3v) is 3.92. The van der Waals surface area contributed by atoms with Gasteiger partial charge in [0, 0.05) is 5.56 Å². The smallest absolute Gasteiger partial charge is 0.138 e. The molecule has 94 valence electrons. The summed E-state index contributed by atoms with van der Waals surface area (Å²) in [5, 5.41) is 0. The second kappa shape index (κ2) is 3.85. The Bertz CT molecular complexity index is 771. The Morgan fingerprint density at radius 1 is 1.05 bits per heavy atom. The number of nitrogens with two attached hydrogens (primary N) is 1. The van der Waals surface area contributed by atoms with E-state index in [9.17, 15) is 0 Å². The highest BCUT2D eigenvalue weighted by Gasteiger charge is 2.13. The van der Waals surface area contributed by atoms with Gasteiger partial charge in [-0.05, 0) is 48.6 Å². The molecular weight excluding hydrogens is 234 g/mol. The maximum Gasteiger partial charge on any atom is 0.138 e. The highest BCUT2D eigenvalue weighted by atomic mass is 14.9. The van der Waals surface area contributed by atoms with Gasteiger partial charge < -0.3 is 10.7 Å². The molecule has 0 unspecified atom stereocenters. The third kappa shape index (κ3) is 1.62. The molecule has 0 spiro atoms. The number of nitrogens with zero attached hydrogens (tertiary/aromatic N) is 1. The average Bonchev–Trinajstić information content (AvgIpc) is 3.04. The van der Waals surface area contributed by atoms with E-state index in [4.69, 9.17) is 5.73 Å². The SMILES string of the molecule is Nc1cccc2[nH]c(-c3ccc4c(c3)CCC4)nc12. The summed E-state index contributed by atoms with van der Waals surface area (Å²) in [4.78, 5) is 7.98. The van der Waals surface area contributed by atoms with Crippen LogP contribution in [0.25, 0.3) is 22.4 Å². The van der Waals surface area contributed by atoms with Gasteiger partial charge in [-0.2, -0.15) is 0 Å². The van der Waals surface area contributed by atoms with Crippen molar-refractivity contribution in [3.8, 4) is 11.4 Å². The minimum atomic E-state index is 0.723. The van der Waals surface area contributed by atoms with E-state index < -0.39 is 0 Å². The molecule has 2 aromatic carbocycles. The van der Waals surface area contributed by atoms with Crippen molar-refractivity contribution < 1.29 is 0 Å². The van der Waals surface area contributed by atoms with Crippen LogP contribution < -0.4 is 5.73 Å².